The average Bonchev–Trinajstić information content (AvgIpc) is 2.45. The summed E-state index contributed by atoms with van der Waals surface area (Å²) in [6, 6.07) is 9.01. The summed E-state index contributed by atoms with van der Waals surface area (Å²) in [4.78, 5) is 12.9. The van der Waals surface area contributed by atoms with E-state index in [1.165, 1.54) is 0 Å². The van der Waals surface area contributed by atoms with Crippen LogP contribution in [0.3, 0.4) is 0 Å². The summed E-state index contributed by atoms with van der Waals surface area (Å²) in [5.41, 5.74) is 0.168. The number of benzene rings is 1. The highest BCUT2D eigenvalue weighted by Crippen LogP contribution is 2.24. The van der Waals surface area contributed by atoms with Crippen LogP contribution in [0.1, 0.15) is 12.0 Å². The third-order valence-electron chi connectivity index (χ3n) is 3.06. The van der Waals surface area contributed by atoms with E-state index in [0.717, 1.165) is 16.5 Å². The molecule has 1 aromatic carbocycles. The molecule has 0 aliphatic carbocycles. The summed E-state index contributed by atoms with van der Waals surface area (Å²) in [5.74, 6) is 0. The van der Waals surface area contributed by atoms with Crippen molar-refractivity contribution in [3.05, 3.63) is 47.4 Å². The molecule has 0 unspecified atom stereocenters. The number of nitrogens with zero attached hydrogens (tertiary/aromatic N) is 1. The van der Waals surface area contributed by atoms with Gasteiger partial charge in [0.25, 0.3) is 0 Å². The van der Waals surface area contributed by atoms with Gasteiger partial charge in [-0.15, -0.1) is 11.5 Å². The Kier molecular flexibility index (Phi) is 4.37. The van der Waals surface area contributed by atoms with Crippen molar-refractivity contribution >= 4 is 13.1 Å². The maximum absolute atomic E-state index is 12.6. The first-order valence-electron chi connectivity index (χ1n) is 6.31. The first kappa shape index (κ1) is 14.5. The van der Waals surface area contributed by atoms with Gasteiger partial charge in [0.15, 0.2) is 0 Å². The lowest BCUT2D eigenvalue weighted by atomic mass is 9.77. The maximum atomic E-state index is 12.6. The lowest BCUT2D eigenvalue weighted by molar-refractivity contribution is 0.0986. The molecule has 0 spiro atoms. The second kappa shape index (κ2) is 6.03. The zero-order chi connectivity index (χ0) is 14.6. The van der Waals surface area contributed by atoms with Crippen molar-refractivity contribution in [2.45, 2.75) is 13.0 Å². The van der Waals surface area contributed by atoms with Crippen molar-refractivity contribution in [1.82, 2.24) is 4.90 Å². The van der Waals surface area contributed by atoms with E-state index in [4.69, 9.17) is 4.74 Å². The van der Waals surface area contributed by atoms with Crippen molar-refractivity contribution in [1.29, 1.82) is 0 Å². The molecule has 1 amide bonds. The lowest BCUT2D eigenvalue weighted by Gasteiger charge is -2.31. The summed E-state index contributed by atoms with van der Waals surface area (Å²) in [7, 11) is 0. The van der Waals surface area contributed by atoms with E-state index in [-0.39, 0.29) is 19.6 Å². The molecule has 0 atom stereocenters. The smallest absolute Gasteiger partial charge is 0.445 e. The van der Waals surface area contributed by atoms with Crippen LogP contribution in [0.25, 0.3) is 0 Å². The fourth-order valence-corrected chi connectivity index (χ4v) is 1.97. The molecule has 108 valence electrons. The molecule has 1 aliphatic heterocycles. The van der Waals surface area contributed by atoms with Gasteiger partial charge >= 0.3 is 13.1 Å². The van der Waals surface area contributed by atoms with E-state index in [0.29, 0.717) is 0 Å². The highest BCUT2D eigenvalue weighted by atomic mass is 19.4. The molecule has 0 aromatic heterocycles. The van der Waals surface area contributed by atoms with E-state index in [2.05, 4.69) is 0 Å². The fraction of sp³-hybridized carbons (Fsp3) is 0.308. The van der Waals surface area contributed by atoms with Gasteiger partial charge in [0.1, 0.15) is 6.61 Å². The SMILES string of the molecule is O=C(OCc1ccccc1)N1CCC=C([B-](F)(F)F)C1. The predicted octanol–water partition coefficient (Wildman–Crippen LogP) is 3.34. The first-order valence-corrected chi connectivity index (χ1v) is 6.31. The Balaban J connectivity index is 1.89. The Morgan fingerprint density at radius 2 is 1.95 bits per heavy atom. The van der Waals surface area contributed by atoms with Crippen molar-refractivity contribution in [3.8, 4) is 0 Å². The minimum absolute atomic E-state index is 0.0619. The molecule has 1 aliphatic rings. The molecule has 0 saturated heterocycles. The lowest BCUT2D eigenvalue weighted by Crippen LogP contribution is -2.40. The number of halogens is 3. The van der Waals surface area contributed by atoms with Crippen LogP contribution >= 0.6 is 0 Å². The molecule has 3 nitrogen and oxygen atoms in total. The topological polar surface area (TPSA) is 29.5 Å². The molecular formula is C13H14BF3NO2-. The number of amides is 1. The molecule has 0 saturated carbocycles. The fourth-order valence-electron chi connectivity index (χ4n) is 1.97. The molecule has 0 bridgehead atoms. The van der Waals surface area contributed by atoms with Gasteiger partial charge in [0.2, 0.25) is 0 Å². The summed E-state index contributed by atoms with van der Waals surface area (Å²) in [6.45, 7) is -5.14. The molecule has 0 fully saturated rings. The number of carbonyl (C=O) groups is 1. The molecule has 2 rings (SSSR count). The Labute approximate surface area is 115 Å². The predicted molar refractivity (Wildman–Crippen MR) is 70.0 cm³/mol. The summed E-state index contributed by atoms with van der Waals surface area (Å²) >= 11 is 0. The quantitative estimate of drug-likeness (QED) is 0.797. The van der Waals surface area contributed by atoms with E-state index in [9.17, 15) is 17.7 Å². The first-order chi connectivity index (χ1) is 9.47. The third kappa shape index (κ3) is 3.79. The Bertz CT molecular complexity index is 502. The van der Waals surface area contributed by atoms with Crippen molar-refractivity contribution in [3.63, 3.8) is 0 Å². The van der Waals surface area contributed by atoms with Crippen molar-refractivity contribution in [2.24, 2.45) is 0 Å². The Morgan fingerprint density at radius 3 is 2.60 bits per heavy atom. The summed E-state index contributed by atoms with van der Waals surface area (Å²) in [5, 5.41) is 0. The second-order valence-electron chi connectivity index (χ2n) is 4.60. The van der Waals surface area contributed by atoms with E-state index in [1.54, 1.807) is 24.3 Å². The van der Waals surface area contributed by atoms with E-state index >= 15 is 0 Å². The van der Waals surface area contributed by atoms with Crippen LogP contribution in [0.5, 0.6) is 0 Å². The van der Waals surface area contributed by atoms with Crippen LogP contribution in [-0.2, 0) is 11.3 Å². The van der Waals surface area contributed by atoms with Crippen LogP contribution in [0.15, 0.2) is 41.9 Å². The van der Waals surface area contributed by atoms with Crippen LogP contribution in [0.4, 0.5) is 17.7 Å². The minimum Gasteiger partial charge on any atom is -0.445 e. The largest absolute Gasteiger partial charge is 0.507 e. The molecule has 7 heteroatoms. The summed E-state index contributed by atoms with van der Waals surface area (Å²) < 4.78 is 43.0. The number of hydrogen-bond donors (Lipinski definition) is 0. The van der Waals surface area contributed by atoms with Crippen LogP contribution in [0.2, 0.25) is 0 Å². The molecule has 1 heterocycles. The highest BCUT2D eigenvalue weighted by Gasteiger charge is 2.32. The van der Waals surface area contributed by atoms with Crippen LogP contribution in [-0.4, -0.2) is 31.1 Å². The Hall–Kier alpha value is -1.92. The minimum atomic E-state index is -5.03. The van der Waals surface area contributed by atoms with Crippen LogP contribution in [0, 0.1) is 0 Å². The van der Waals surface area contributed by atoms with Gasteiger partial charge in [-0.2, -0.15) is 0 Å². The summed E-state index contributed by atoms with van der Waals surface area (Å²) in [6.07, 6.45) is 0.650. The van der Waals surface area contributed by atoms with Gasteiger partial charge in [-0.1, -0.05) is 30.3 Å². The number of carbonyl (C=O) groups excluding carboxylic acids is 1. The molecule has 0 N–H and O–H groups in total. The number of rotatable bonds is 3. The standard InChI is InChI=1S/C13H14BF3NO2/c15-14(16,17)12-7-4-8-18(9-12)13(19)20-10-11-5-2-1-3-6-11/h1-3,5-7H,4,8-10H2/q-1. The maximum Gasteiger partial charge on any atom is 0.507 e. The van der Waals surface area contributed by atoms with Gasteiger partial charge in [-0.25, -0.2) is 4.79 Å². The third-order valence-corrected chi connectivity index (χ3v) is 3.06. The van der Waals surface area contributed by atoms with Gasteiger partial charge in [0, 0.05) is 13.1 Å². The molecule has 20 heavy (non-hydrogen) atoms. The second-order valence-corrected chi connectivity index (χ2v) is 4.60. The van der Waals surface area contributed by atoms with E-state index in [1.807, 2.05) is 6.07 Å². The monoisotopic (exact) mass is 284 g/mol. The number of ether oxygens (including phenoxy) is 1. The normalized spacial score (nSPS) is 15.8. The van der Waals surface area contributed by atoms with Crippen molar-refractivity contribution < 1.29 is 22.5 Å². The van der Waals surface area contributed by atoms with Crippen LogP contribution < -0.4 is 0 Å². The Morgan fingerprint density at radius 1 is 1.25 bits per heavy atom. The van der Waals surface area contributed by atoms with Crippen molar-refractivity contribution in [2.75, 3.05) is 13.1 Å². The van der Waals surface area contributed by atoms with Gasteiger partial charge in [-0.3, -0.25) is 0 Å². The molecule has 1 aromatic rings. The average molecular weight is 284 g/mol. The zero-order valence-electron chi connectivity index (χ0n) is 10.8. The van der Waals surface area contributed by atoms with Gasteiger partial charge in [-0.05, 0) is 12.0 Å². The molecular weight excluding hydrogens is 270 g/mol. The molecule has 0 radical (unpaired) electrons. The number of hydrogen-bond acceptors (Lipinski definition) is 2. The van der Waals surface area contributed by atoms with Gasteiger partial charge < -0.3 is 22.6 Å². The highest BCUT2D eigenvalue weighted by molar-refractivity contribution is 6.67. The zero-order valence-corrected chi connectivity index (χ0v) is 10.8. The van der Waals surface area contributed by atoms with E-state index < -0.39 is 25.1 Å². The van der Waals surface area contributed by atoms with Gasteiger partial charge in [0.05, 0.1) is 0 Å².